The number of hydrogen-bond donors (Lipinski definition) is 2. The molecule has 0 fully saturated rings. The van der Waals surface area contributed by atoms with Gasteiger partial charge in [-0.2, -0.15) is 0 Å². The van der Waals surface area contributed by atoms with E-state index in [0.29, 0.717) is 5.92 Å². The van der Waals surface area contributed by atoms with Gasteiger partial charge in [-0.15, -0.1) is 0 Å². The van der Waals surface area contributed by atoms with Crippen molar-refractivity contribution in [2.24, 2.45) is 5.73 Å². The van der Waals surface area contributed by atoms with Crippen LogP contribution in [0.15, 0.2) is 18.2 Å². The molecule has 0 unspecified atom stereocenters. The van der Waals surface area contributed by atoms with Gasteiger partial charge in [0.05, 0.1) is 0 Å². The van der Waals surface area contributed by atoms with E-state index in [-0.39, 0.29) is 5.41 Å². The fourth-order valence-corrected chi connectivity index (χ4v) is 2.45. The maximum atomic E-state index is 5.53. The van der Waals surface area contributed by atoms with Crippen molar-refractivity contribution in [2.75, 3.05) is 19.6 Å². The largest absolute Gasteiger partial charge is 0.330 e. The second kappa shape index (κ2) is 7.06. The van der Waals surface area contributed by atoms with Gasteiger partial charge in [-0.05, 0) is 49.0 Å². The van der Waals surface area contributed by atoms with Crippen molar-refractivity contribution < 1.29 is 0 Å². The summed E-state index contributed by atoms with van der Waals surface area (Å²) in [5, 5.41) is 3.52. The fraction of sp³-hybridized carbons (Fsp3) is 0.647. The molecule has 0 radical (unpaired) electrons. The van der Waals surface area contributed by atoms with Gasteiger partial charge in [-0.3, -0.25) is 0 Å². The molecule has 2 heteroatoms. The van der Waals surface area contributed by atoms with Crippen LogP contribution in [0.2, 0.25) is 0 Å². The molecule has 0 aliphatic heterocycles. The molecule has 19 heavy (non-hydrogen) atoms. The predicted molar refractivity (Wildman–Crippen MR) is 84.8 cm³/mol. The van der Waals surface area contributed by atoms with Crippen molar-refractivity contribution >= 4 is 0 Å². The van der Waals surface area contributed by atoms with Gasteiger partial charge in [-0.1, -0.05) is 45.9 Å². The zero-order valence-electron chi connectivity index (χ0n) is 13.2. The van der Waals surface area contributed by atoms with E-state index in [0.717, 1.165) is 26.1 Å². The minimum atomic E-state index is 0.156. The Morgan fingerprint density at radius 1 is 1.26 bits per heavy atom. The smallest absolute Gasteiger partial charge is 0.00432 e. The van der Waals surface area contributed by atoms with Gasteiger partial charge in [0.1, 0.15) is 0 Å². The Hall–Kier alpha value is -0.860. The van der Waals surface area contributed by atoms with E-state index < -0.39 is 0 Å². The van der Waals surface area contributed by atoms with Crippen LogP contribution in [-0.4, -0.2) is 19.6 Å². The normalized spacial score (nSPS) is 12.2. The van der Waals surface area contributed by atoms with Crippen molar-refractivity contribution in [3.8, 4) is 0 Å². The van der Waals surface area contributed by atoms with E-state index >= 15 is 0 Å². The standard InChI is InChI=1S/C17H30N2/c1-13(2)15-8-7-14(3)16(11-15)17(4,5)12-19-10-6-9-18/h7-8,11,13,19H,6,9-10,12,18H2,1-5H3. The van der Waals surface area contributed by atoms with Crippen molar-refractivity contribution in [2.45, 2.75) is 52.4 Å². The lowest BCUT2D eigenvalue weighted by Gasteiger charge is -2.28. The molecule has 3 N–H and O–H groups in total. The SMILES string of the molecule is Cc1ccc(C(C)C)cc1C(C)(C)CNCCCN. The van der Waals surface area contributed by atoms with E-state index in [1.54, 1.807) is 0 Å². The molecule has 0 amide bonds. The maximum Gasteiger partial charge on any atom is 0.00432 e. The van der Waals surface area contributed by atoms with Gasteiger partial charge in [-0.25, -0.2) is 0 Å². The topological polar surface area (TPSA) is 38.0 Å². The summed E-state index contributed by atoms with van der Waals surface area (Å²) >= 11 is 0. The monoisotopic (exact) mass is 262 g/mol. The average molecular weight is 262 g/mol. The Morgan fingerprint density at radius 3 is 2.53 bits per heavy atom. The summed E-state index contributed by atoms with van der Waals surface area (Å²) in [4.78, 5) is 0. The molecule has 1 aromatic rings. The molecule has 0 aromatic heterocycles. The fourth-order valence-electron chi connectivity index (χ4n) is 2.45. The second-order valence-corrected chi connectivity index (χ2v) is 6.43. The summed E-state index contributed by atoms with van der Waals surface area (Å²) in [7, 11) is 0. The van der Waals surface area contributed by atoms with Crippen molar-refractivity contribution in [3.05, 3.63) is 34.9 Å². The molecule has 2 nitrogen and oxygen atoms in total. The molecular weight excluding hydrogens is 232 g/mol. The molecular formula is C17H30N2. The zero-order valence-corrected chi connectivity index (χ0v) is 13.2. The minimum Gasteiger partial charge on any atom is -0.330 e. The third-order valence-corrected chi connectivity index (χ3v) is 3.78. The highest BCUT2D eigenvalue weighted by Gasteiger charge is 2.22. The highest BCUT2D eigenvalue weighted by molar-refractivity contribution is 5.37. The van der Waals surface area contributed by atoms with Crippen LogP contribution < -0.4 is 11.1 Å². The van der Waals surface area contributed by atoms with E-state index in [1.165, 1.54) is 16.7 Å². The van der Waals surface area contributed by atoms with Gasteiger partial charge < -0.3 is 11.1 Å². The molecule has 0 atom stereocenters. The Bertz CT molecular complexity index is 394. The molecule has 108 valence electrons. The molecule has 0 spiro atoms. The van der Waals surface area contributed by atoms with Crippen LogP contribution in [0.5, 0.6) is 0 Å². The summed E-state index contributed by atoms with van der Waals surface area (Å²) in [5.41, 5.74) is 9.95. The van der Waals surface area contributed by atoms with E-state index in [4.69, 9.17) is 5.73 Å². The maximum absolute atomic E-state index is 5.53. The predicted octanol–water partition coefficient (Wildman–Crippen LogP) is 3.33. The molecule has 0 saturated carbocycles. The molecule has 1 rings (SSSR count). The molecule has 0 heterocycles. The van der Waals surface area contributed by atoms with Crippen LogP contribution in [-0.2, 0) is 5.41 Å². The summed E-state index contributed by atoms with van der Waals surface area (Å²) in [6.45, 7) is 14.1. The van der Waals surface area contributed by atoms with Crippen LogP contribution >= 0.6 is 0 Å². The number of aryl methyl sites for hydroxylation is 1. The first-order valence-electron chi connectivity index (χ1n) is 7.40. The Labute approximate surface area is 118 Å². The molecule has 0 aliphatic carbocycles. The van der Waals surface area contributed by atoms with Gasteiger partial charge >= 0.3 is 0 Å². The molecule has 0 bridgehead atoms. The number of hydrogen-bond acceptors (Lipinski definition) is 2. The van der Waals surface area contributed by atoms with Gasteiger partial charge in [0, 0.05) is 12.0 Å². The van der Waals surface area contributed by atoms with E-state index in [1.807, 2.05) is 0 Å². The van der Waals surface area contributed by atoms with Crippen molar-refractivity contribution in [1.82, 2.24) is 5.32 Å². The molecule has 0 aliphatic rings. The first-order valence-corrected chi connectivity index (χ1v) is 7.40. The molecule has 1 aromatic carbocycles. The third-order valence-electron chi connectivity index (χ3n) is 3.78. The summed E-state index contributed by atoms with van der Waals surface area (Å²) < 4.78 is 0. The lowest BCUT2D eigenvalue weighted by atomic mass is 9.80. The van der Waals surface area contributed by atoms with Crippen molar-refractivity contribution in [1.29, 1.82) is 0 Å². The Morgan fingerprint density at radius 2 is 1.95 bits per heavy atom. The number of rotatable bonds is 7. The van der Waals surface area contributed by atoms with E-state index in [9.17, 15) is 0 Å². The summed E-state index contributed by atoms with van der Waals surface area (Å²) in [5.74, 6) is 0.584. The van der Waals surface area contributed by atoms with Crippen molar-refractivity contribution in [3.63, 3.8) is 0 Å². The summed E-state index contributed by atoms with van der Waals surface area (Å²) in [6, 6.07) is 6.89. The van der Waals surface area contributed by atoms with E-state index in [2.05, 4.69) is 58.1 Å². The average Bonchev–Trinajstić information content (AvgIpc) is 2.34. The lowest BCUT2D eigenvalue weighted by Crippen LogP contribution is -2.34. The first-order chi connectivity index (χ1) is 8.88. The van der Waals surface area contributed by atoms with Crippen LogP contribution in [0, 0.1) is 6.92 Å². The van der Waals surface area contributed by atoms with Crippen LogP contribution in [0.4, 0.5) is 0 Å². The van der Waals surface area contributed by atoms with Crippen LogP contribution in [0.25, 0.3) is 0 Å². The Balaban J connectivity index is 2.83. The highest BCUT2D eigenvalue weighted by atomic mass is 14.9. The van der Waals surface area contributed by atoms with Gasteiger partial charge in [0.25, 0.3) is 0 Å². The van der Waals surface area contributed by atoms with Crippen LogP contribution in [0.1, 0.15) is 56.7 Å². The Kier molecular flexibility index (Phi) is 6.02. The minimum absolute atomic E-state index is 0.156. The zero-order chi connectivity index (χ0) is 14.5. The first kappa shape index (κ1) is 16.2. The van der Waals surface area contributed by atoms with Gasteiger partial charge in [0.2, 0.25) is 0 Å². The van der Waals surface area contributed by atoms with Crippen LogP contribution in [0.3, 0.4) is 0 Å². The second-order valence-electron chi connectivity index (χ2n) is 6.43. The number of benzene rings is 1. The summed E-state index contributed by atoms with van der Waals surface area (Å²) in [6.07, 6.45) is 1.04. The molecule has 0 saturated heterocycles. The van der Waals surface area contributed by atoms with Gasteiger partial charge in [0.15, 0.2) is 0 Å². The quantitative estimate of drug-likeness (QED) is 0.740. The number of nitrogens with one attached hydrogen (secondary N) is 1. The third kappa shape index (κ3) is 4.63. The highest BCUT2D eigenvalue weighted by Crippen LogP contribution is 2.28. The number of nitrogens with two attached hydrogens (primary N) is 1. The lowest BCUT2D eigenvalue weighted by molar-refractivity contribution is 0.464.